The van der Waals surface area contributed by atoms with E-state index in [9.17, 15) is 18.0 Å². The van der Waals surface area contributed by atoms with Crippen LogP contribution >= 0.6 is 0 Å². The van der Waals surface area contributed by atoms with Crippen molar-refractivity contribution in [1.29, 1.82) is 0 Å². The van der Waals surface area contributed by atoms with Crippen molar-refractivity contribution in [1.82, 2.24) is 19.7 Å². The first-order valence-electron chi connectivity index (χ1n) is 10.3. The molecule has 0 saturated heterocycles. The fraction of sp³-hybridized carbons (Fsp3) is 0.261. The van der Waals surface area contributed by atoms with E-state index in [1.807, 2.05) is 6.07 Å². The molecule has 1 amide bonds. The number of aromatic amines is 1. The van der Waals surface area contributed by atoms with Gasteiger partial charge in [0.1, 0.15) is 12.7 Å². The summed E-state index contributed by atoms with van der Waals surface area (Å²) in [6.45, 7) is 2.21. The molecule has 164 valence electrons. The van der Waals surface area contributed by atoms with Crippen LogP contribution in [0.25, 0.3) is 16.6 Å². The third-order valence-electron chi connectivity index (χ3n) is 5.93. The summed E-state index contributed by atoms with van der Waals surface area (Å²) in [7, 11) is 0. The van der Waals surface area contributed by atoms with Crippen LogP contribution in [0.4, 0.5) is 18.9 Å². The third kappa shape index (κ3) is 3.63. The molecule has 5 rings (SSSR count). The smallest absolute Gasteiger partial charge is 0.358 e. The van der Waals surface area contributed by atoms with Gasteiger partial charge in [-0.15, -0.1) is 0 Å². The molecule has 0 radical (unpaired) electrons. The van der Waals surface area contributed by atoms with Crippen LogP contribution < -0.4 is 5.32 Å². The summed E-state index contributed by atoms with van der Waals surface area (Å²) in [6, 6.07) is 8.45. The minimum Gasteiger partial charge on any atom is -0.358 e. The van der Waals surface area contributed by atoms with Crippen molar-refractivity contribution in [3.63, 3.8) is 0 Å². The predicted molar refractivity (Wildman–Crippen MR) is 114 cm³/mol. The van der Waals surface area contributed by atoms with Gasteiger partial charge in [0.05, 0.1) is 16.9 Å². The number of alkyl halides is 3. The van der Waals surface area contributed by atoms with Crippen molar-refractivity contribution in [3.8, 4) is 5.69 Å². The summed E-state index contributed by atoms with van der Waals surface area (Å²) in [5.74, 6) is 0.0701. The Labute approximate surface area is 181 Å². The van der Waals surface area contributed by atoms with Crippen molar-refractivity contribution in [2.75, 3.05) is 5.32 Å². The van der Waals surface area contributed by atoms with Crippen LogP contribution in [0.1, 0.15) is 40.5 Å². The summed E-state index contributed by atoms with van der Waals surface area (Å²) in [5, 5.41) is 7.60. The second kappa shape index (κ2) is 7.51. The zero-order valence-corrected chi connectivity index (χ0v) is 17.2. The first-order chi connectivity index (χ1) is 15.3. The molecule has 1 aliphatic rings. The Balaban J connectivity index is 1.52. The van der Waals surface area contributed by atoms with Gasteiger partial charge >= 0.3 is 6.18 Å². The zero-order valence-electron chi connectivity index (χ0n) is 17.2. The number of halogens is 3. The van der Waals surface area contributed by atoms with Crippen molar-refractivity contribution < 1.29 is 18.0 Å². The first kappa shape index (κ1) is 20.3. The second-order valence-electron chi connectivity index (χ2n) is 8.21. The van der Waals surface area contributed by atoms with Crippen molar-refractivity contribution in [2.24, 2.45) is 5.92 Å². The molecule has 0 aliphatic heterocycles. The minimum absolute atomic E-state index is 0.000131. The largest absolute Gasteiger partial charge is 0.416 e. The lowest BCUT2D eigenvalue weighted by Gasteiger charge is -2.18. The van der Waals surface area contributed by atoms with Gasteiger partial charge in [0.25, 0.3) is 5.91 Å². The minimum atomic E-state index is -4.54. The van der Waals surface area contributed by atoms with Crippen LogP contribution in [-0.2, 0) is 19.0 Å². The van der Waals surface area contributed by atoms with E-state index in [0.29, 0.717) is 11.5 Å². The average molecular weight is 439 g/mol. The molecule has 32 heavy (non-hydrogen) atoms. The van der Waals surface area contributed by atoms with Gasteiger partial charge in [-0.3, -0.25) is 4.79 Å². The lowest BCUT2D eigenvalue weighted by molar-refractivity contribution is -0.137. The maximum Gasteiger partial charge on any atom is 0.416 e. The number of hydrogen-bond donors (Lipinski definition) is 2. The average Bonchev–Trinajstić information content (AvgIpc) is 3.40. The van der Waals surface area contributed by atoms with Crippen molar-refractivity contribution >= 4 is 22.5 Å². The molecule has 9 heteroatoms. The number of nitrogens with zero attached hydrogens (tertiary/aromatic N) is 3. The Morgan fingerprint density at radius 2 is 2.06 bits per heavy atom. The number of aromatic nitrogens is 4. The Bertz CT molecular complexity index is 1310. The lowest BCUT2D eigenvalue weighted by Crippen LogP contribution is -2.16. The summed E-state index contributed by atoms with van der Waals surface area (Å²) in [6.07, 6.45) is 1.11. The number of carbonyl (C=O) groups is 1. The molecule has 1 aliphatic carbocycles. The molecule has 0 fully saturated rings. The van der Waals surface area contributed by atoms with Crippen LogP contribution in [0.15, 0.2) is 49.1 Å². The van der Waals surface area contributed by atoms with E-state index in [1.165, 1.54) is 34.7 Å². The monoisotopic (exact) mass is 439 g/mol. The normalized spacial score (nSPS) is 16.2. The van der Waals surface area contributed by atoms with E-state index in [0.717, 1.165) is 42.3 Å². The van der Waals surface area contributed by atoms with E-state index in [1.54, 1.807) is 12.1 Å². The van der Waals surface area contributed by atoms with Gasteiger partial charge in [-0.25, -0.2) is 9.67 Å². The molecule has 0 saturated carbocycles. The van der Waals surface area contributed by atoms with Gasteiger partial charge < -0.3 is 10.3 Å². The molecular formula is C23H20F3N5O. The summed E-state index contributed by atoms with van der Waals surface area (Å²) >= 11 is 0. The highest BCUT2D eigenvalue weighted by Gasteiger charge is 2.31. The second-order valence-corrected chi connectivity index (χ2v) is 8.21. The Morgan fingerprint density at radius 3 is 2.81 bits per heavy atom. The standard InChI is InChI=1S/C23H20F3N5O/c1-13-2-5-18-16(8-13)17-9-14(3-6-19(17)29-18)22(32)30-20-10-15(23(24,25)26)4-7-21(20)31-12-27-11-28-31/h3-4,6-7,9-13,29H,2,5,8H2,1H3,(H,30,32). The molecule has 2 heterocycles. The molecular weight excluding hydrogens is 419 g/mol. The molecule has 1 atom stereocenters. The quantitative estimate of drug-likeness (QED) is 0.464. The van der Waals surface area contributed by atoms with Gasteiger partial charge in [0, 0.05) is 22.2 Å². The molecule has 0 spiro atoms. The summed E-state index contributed by atoms with van der Waals surface area (Å²) in [4.78, 5) is 20.3. The van der Waals surface area contributed by atoms with Gasteiger partial charge in [-0.1, -0.05) is 6.92 Å². The van der Waals surface area contributed by atoms with Crippen LogP contribution in [0.2, 0.25) is 0 Å². The van der Waals surface area contributed by atoms with E-state index < -0.39 is 17.6 Å². The lowest BCUT2D eigenvalue weighted by atomic mass is 9.87. The molecule has 2 aromatic carbocycles. The van der Waals surface area contributed by atoms with E-state index >= 15 is 0 Å². The van der Waals surface area contributed by atoms with E-state index in [2.05, 4.69) is 27.3 Å². The SMILES string of the molecule is CC1CCc2[nH]c3ccc(C(=O)Nc4cc(C(F)(F)F)ccc4-n4cncn4)cc3c2C1. The Kier molecular flexibility index (Phi) is 4.76. The number of rotatable bonds is 3. The molecule has 6 nitrogen and oxygen atoms in total. The number of fused-ring (bicyclic) bond motifs is 3. The van der Waals surface area contributed by atoms with Crippen molar-refractivity contribution in [2.45, 2.75) is 32.4 Å². The van der Waals surface area contributed by atoms with Crippen LogP contribution in [0.3, 0.4) is 0 Å². The van der Waals surface area contributed by atoms with E-state index in [4.69, 9.17) is 0 Å². The first-order valence-corrected chi connectivity index (χ1v) is 10.3. The molecule has 2 N–H and O–H groups in total. The fourth-order valence-corrected chi connectivity index (χ4v) is 4.27. The number of anilines is 1. The van der Waals surface area contributed by atoms with Gasteiger partial charge in [-0.2, -0.15) is 18.3 Å². The van der Waals surface area contributed by atoms with Crippen LogP contribution in [-0.4, -0.2) is 25.7 Å². The Morgan fingerprint density at radius 1 is 1.22 bits per heavy atom. The van der Waals surface area contributed by atoms with Crippen LogP contribution in [0, 0.1) is 5.92 Å². The maximum absolute atomic E-state index is 13.3. The number of aryl methyl sites for hydroxylation is 1. The fourth-order valence-electron chi connectivity index (χ4n) is 4.27. The van der Waals surface area contributed by atoms with Crippen LogP contribution in [0.5, 0.6) is 0 Å². The van der Waals surface area contributed by atoms with Gasteiger partial charge in [0.15, 0.2) is 0 Å². The number of benzene rings is 2. The zero-order chi connectivity index (χ0) is 22.5. The third-order valence-corrected chi connectivity index (χ3v) is 5.93. The van der Waals surface area contributed by atoms with E-state index in [-0.39, 0.29) is 11.4 Å². The number of amides is 1. The topological polar surface area (TPSA) is 75.6 Å². The number of carbonyl (C=O) groups excluding carboxylic acids is 1. The highest BCUT2D eigenvalue weighted by atomic mass is 19.4. The van der Waals surface area contributed by atoms with Crippen molar-refractivity contribution in [3.05, 3.63) is 71.4 Å². The highest BCUT2D eigenvalue weighted by molar-refractivity contribution is 6.07. The number of H-pyrrole nitrogens is 1. The predicted octanol–water partition coefficient (Wildman–Crippen LogP) is 5.14. The van der Waals surface area contributed by atoms with Gasteiger partial charge in [-0.05, 0) is 67.1 Å². The molecule has 2 aromatic heterocycles. The summed E-state index contributed by atoms with van der Waals surface area (Å²) < 4.78 is 41.2. The van der Waals surface area contributed by atoms with Gasteiger partial charge in [0.2, 0.25) is 0 Å². The highest BCUT2D eigenvalue weighted by Crippen LogP contribution is 2.34. The number of nitrogens with one attached hydrogen (secondary N) is 2. The maximum atomic E-state index is 13.3. The molecule has 4 aromatic rings. The number of hydrogen-bond acceptors (Lipinski definition) is 3. The molecule has 1 unspecified atom stereocenters. The molecule has 0 bridgehead atoms. The Hall–Kier alpha value is -3.62. The summed E-state index contributed by atoms with van der Waals surface area (Å²) in [5.41, 5.74) is 3.18.